The Hall–Kier alpha value is -3.20. The average Bonchev–Trinajstić information content (AvgIpc) is 3.45. The molecule has 0 amide bonds. The first-order valence-electron chi connectivity index (χ1n) is 11.5. The quantitative estimate of drug-likeness (QED) is 0.281. The van der Waals surface area contributed by atoms with Gasteiger partial charge in [-0.1, -0.05) is 0 Å². The molecule has 0 aliphatic heterocycles. The van der Waals surface area contributed by atoms with Gasteiger partial charge in [0.1, 0.15) is 0 Å². The normalized spacial score (nSPS) is 13.5. The molecule has 3 heteroatoms. The van der Waals surface area contributed by atoms with Gasteiger partial charge in [-0.05, 0) is 0 Å². The molecule has 0 fully saturated rings. The molecule has 0 aromatic heterocycles. The van der Waals surface area contributed by atoms with Crippen molar-refractivity contribution >= 4 is 21.2 Å². The summed E-state index contributed by atoms with van der Waals surface area (Å²) in [7, 11) is 0. The molecule has 2 aliphatic carbocycles. The van der Waals surface area contributed by atoms with Crippen molar-refractivity contribution in [3.05, 3.63) is 107 Å². The molecule has 2 nitrogen and oxygen atoms in total. The van der Waals surface area contributed by atoms with E-state index in [1.54, 1.807) is 0 Å². The number of rotatable bonds is 4. The Morgan fingerprint density at radius 1 is 0.576 bits per heavy atom. The van der Waals surface area contributed by atoms with Crippen molar-refractivity contribution in [3.8, 4) is 22.3 Å². The van der Waals surface area contributed by atoms with Crippen LogP contribution in [0.5, 0.6) is 0 Å². The van der Waals surface area contributed by atoms with Crippen LogP contribution < -0.4 is 7.74 Å². The molecular formula is C30H24O2Ti. The number of fused-ring (bicyclic) bond motifs is 6. The zero-order valence-corrected chi connectivity index (χ0v) is 20.1. The summed E-state index contributed by atoms with van der Waals surface area (Å²) in [5.74, 6) is 0. The molecule has 0 saturated carbocycles. The van der Waals surface area contributed by atoms with Crippen LogP contribution in [0.1, 0.15) is 29.2 Å². The van der Waals surface area contributed by atoms with Gasteiger partial charge in [-0.25, -0.2) is 0 Å². The molecule has 0 heterocycles. The molecule has 0 N–H and O–H groups in total. The summed E-state index contributed by atoms with van der Waals surface area (Å²) in [5, 5.41) is 0. The van der Waals surface area contributed by atoms with E-state index < -0.39 is 14.8 Å². The van der Waals surface area contributed by atoms with Crippen molar-refractivity contribution in [2.75, 3.05) is 0 Å². The van der Waals surface area contributed by atoms with Gasteiger partial charge in [0, 0.05) is 0 Å². The van der Waals surface area contributed by atoms with Crippen molar-refractivity contribution in [1.82, 2.24) is 0 Å². The van der Waals surface area contributed by atoms with E-state index in [1.807, 2.05) is 35.5 Å². The zero-order chi connectivity index (χ0) is 22.7. The second-order valence-electron chi connectivity index (χ2n) is 9.35. The summed E-state index contributed by atoms with van der Waals surface area (Å²) in [6.45, 7) is 1.92. The number of hydrogen-bond acceptors (Lipinski definition) is 2. The van der Waals surface area contributed by atoms with Gasteiger partial charge in [0.25, 0.3) is 0 Å². The van der Waals surface area contributed by atoms with Crippen LogP contribution in [-0.2, 0) is 37.3 Å². The van der Waals surface area contributed by atoms with Crippen LogP contribution in [0, 0.1) is 0 Å². The molecule has 160 valence electrons. The number of benzene rings is 4. The maximum absolute atomic E-state index is 13.4. The van der Waals surface area contributed by atoms with E-state index in [-0.39, 0.29) is 0 Å². The third-order valence-electron chi connectivity index (χ3n) is 8.03. The molecule has 4 aromatic carbocycles. The maximum atomic E-state index is 13.4. The summed E-state index contributed by atoms with van der Waals surface area (Å²) in [6, 6.07) is 29.2. The van der Waals surface area contributed by atoms with Crippen LogP contribution in [0.3, 0.4) is 0 Å². The SMILES string of the molecule is C[CH]=[Ti]([CH]=O)([CH]=O)([c]1cccc2c1Cc1ccccc1-2)[c]1cccc2c1Cc1ccccc1-2. The standard InChI is InChI=1S/2C13H9.C2H4.2CHO.Ti/c2*1-3-7-12-10(5-1)9-11-6-2-4-8-13(11)12;3*1-2;/h2*1-5,7-8H,9H2;1H,2H3;2*1H;. The Morgan fingerprint density at radius 2 is 1.00 bits per heavy atom. The van der Waals surface area contributed by atoms with Crippen molar-refractivity contribution in [3.63, 3.8) is 0 Å². The number of hydrogen-bond donors (Lipinski definition) is 0. The van der Waals surface area contributed by atoms with E-state index in [1.165, 1.54) is 22.3 Å². The predicted octanol–water partition coefficient (Wildman–Crippen LogP) is 4.67. The van der Waals surface area contributed by atoms with E-state index in [4.69, 9.17) is 0 Å². The van der Waals surface area contributed by atoms with Gasteiger partial charge >= 0.3 is 195 Å². The third kappa shape index (κ3) is 2.51. The third-order valence-corrected chi connectivity index (χ3v) is 16.8. The first-order chi connectivity index (χ1) is 16.2. The van der Waals surface area contributed by atoms with E-state index in [9.17, 15) is 9.59 Å². The predicted molar refractivity (Wildman–Crippen MR) is 134 cm³/mol. The number of carbonyl (C=O) groups is 2. The summed E-state index contributed by atoms with van der Waals surface area (Å²) < 4.78 is 6.02. The van der Waals surface area contributed by atoms with Gasteiger partial charge in [-0.3, -0.25) is 0 Å². The Labute approximate surface area is 194 Å². The van der Waals surface area contributed by atoms with Gasteiger partial charge in [0.05, 0.1) is 0 Å². The average molecular weight is 464 g/mol. The van der Waals surface area contributed by atoms with Crippen LogP contribution in [-0.4, -0.2) is 13.5 Å². The molecule has 2 aliphatic rings. The van der Waals surface area contributed by atoms with Gasteiger partial charge in [-0.2, -0.15) is 0 Å². The fourth-order valence-corrected chi connectivity index (χ4v) is 13.2. The Bertz CT molecular complexity index is 1440. The van der Waals surface area contributed by atoms with Gasteiger partial charge in [-0.15, -0.1) is 0 Å². The Balaban J connectivity index is 1.70. The van der Waals surface area contributed by atoms with Crippen molar-refractivity contribution < 1.29 is 24.4 Å². The molecule has 0 radical (unpaired) electrons. The van der Waals surface area contributed by atoms with Crippen LogP contribution >= 0.6 is 0 Å². The fraction of sp³-hybridized carbons (Fsp3) is 0.100. The summed E-state index contributed by atoms with van der Waals surface area (Å²) in [4.78, 5) is 26.8. The zero-order valence-electron chi connectivity index (χ0n) is 18.5. The molecule has 0 atom stereocenters. The summed E-state index contributed by atoms with van der Waals surface area (Å²) in [6.07, 6.45) is 1.51. The molecular weight excluding hydrogens is 440 g/mol. The van der Waals surface area contributed by atoms with Crippen molar-refractivity contribution in [2.45, 2.75) is 19.8 Å². The minimum atomic E-state index is -4.85. The van der Waals surface area contributed by atoms with Crippen LogP contribution in [0.2, 0.25) is 0 Å². The van der Waals surface area contributed by atoms with E-state index in [2.05, 4.69) is 60.7 Å². The topological polar surface area (TPSA) is 34.1 Å². The number of carbonyl (C=O) groups excluding carboxylic acids is 2. The van der Waals surface area contributed by atoms with E-state index >= 15 is 0 Å². The molecule has 0 bridgehead atoms. The Morgan fingerprint density at radius 3 is 1.42 bits per heavy atom. The molecule has 33 heavy (non-hydrogen) atoms. The molecule has 6 rings (SSSR count). The van der Waals surface area contributed by atoms with E-state index in [0.29, 0.717) is 0 Å². The summed E-state index contributed by atoms with van der Waals surface area (Å²) >= 11 is -4.85. The fourth-order valence-electron chi connectivity index (χ4n) is 6.23. The molecule has 4 aromatic rings. The first kappa shape index (κ1) is 20.4. The van der Waals surface area contributed by atoms with Crippen LogP contribution in [0.15, 0.2) is 84.9 Å². The monoisotopic (exact) mass is 464 g/mol. The molecule has 0 saturated heterocycles. The van der Waals surface area contributed by atoms with Crippen LogP contribution in [0.25, 0.3) is 22.3 Å². The Kier molecular flexibility index (Phi) is 4.42. The van der Waals surface area contributed by atoms with Crippen molar-refractivity contribution in [2.24, 2.45) is 0 Å². The van der Waals surface area contributed by atoms with Crippen LogP contribution in [0.4, 0.5) is 0 Å². The first-order valence-corrected chi connectivity index (χ1v) is 15.7. The van der Waals surface area contributed by atoms with Gasteiger partial charge in [0.15, 0.2) is 0 Å². The van der Waals surface area contributed by atoms with Crippen molar-refractivity contribution in [1.29, 1.82) is 0 Å². The minimum absolute atomic E-state index is 0.756. The molecule has 0 unspecified atom stereocenters. The molecule has 0 spiro atoms. The second-order valence-corrected chi connectivity index (χ2v) is 17.3. The van der Waals surface area contributed by atoms with Gasteiger partial charge < -0.3 is 0 Å². The second kappa shape index (κ2) is 7.15. The van der Waals surface area contributed by atoms with Gasteiger partial charge in [0.2, 0.25) is 0 Å². The van der Waals surface area contributed by atoms with E-state index in [0.717, 1.165) is 52.0 Å². The summed E-state index contributed by atoms with van der Waals surface area (Å²) in [5.41, 5.74) is 9.51.